The van der Waals surface area contributed by atoms with Crippen molar-refractivity contribution in [2.75, 3.05) is 10.6 Å². The number of benzene rings is 2. The molecule has 0 spiro atoms. The minimum atomic E-state index is -0.134. The Morgan fingerprint density at radius 2 is 1.71 bits per heavy atom. The van der Waals surface area contributed by atoms with E-state index in [1.165, 1.54) is 18.4 Å². The molecule has 28 heavy (non-hydrogen) atoms. The van der Waals surface area contributed by atoms with Crippen molar-refractivity contribution in [3.8, 4) is 5.69 Å². The van der Waals surface area contributed by atoms with E-state index in [1.807, 2.05) is 61.1 Å². The molecule has 0 aliphatic heterocycles. The van der Waals surface area contributed by atoms with Gasteiger partial charge in [0.2, 0.25) is 0 Å². The van der Waals surface area contributed by atoms with E-state index in [4.69, 9.17) is 12.2 Å². The van der Waals surface area contributed by atoms with Crippen molar-refractivity contribution in [2.45, 2.75) is 33.1 Å². The van der Waals surface area contributed by atoms with Crippen molar-refractivity contribution < 1.29 is 0 Å². The smallest absolute Gasteiger partial charge is 0.295 e. The van der Waals surface area contributed by atoms with Crippen LogP contribution in [0.15, 0.2) is 59.4 Å². The molecule has 0 atom stereocenters. The Labute approximate surface area is 171 Å². The molecule has 6 heteroatoms. The molecular weight excluding hydrogens is 368 g/mol. The molecule has 3 aromatic rings. The molecule has 0 aliphatic rings. The van der Waals surface area contributed by atoms with Crippen molar-refractivity contribution >= 4 is 28.7 Å². The Balaban J connectivity index is 1.75. The van der Waals surface area contributed by atoms with E-state index in [2.05, 4.69) is 29.7 Å². The molecule has 0 amide bonds. The van der Waals surface area contributed by atoms with Crippen LogP contribution in [-0.4, -0.2) is 14.5 Å². The number of aryl methyl sites for hydroxylation is 1. The normalized spacial score (nSPS) is 10.7. The molecule has 3 rings (SSSR count). The largest absolute Gasteiger partial charge is 0.332 e. The summed E-state index contributed by atoms with van der Waals surface area (Å²) in [6, 6.07) is 17.8. The van der Waals surface area contributed by atoms with Crippen molar-refractivity contribution in [3.05, 3.63) is 76.2 Å². The van der Waals surface area contributed by atoms with Gasteiger partial charge in [0, 0.05) is 12.7 Å². The van der Waals surface area contributed by atoms with Gasteiger partial charge < -0.3 is 10.6 Å². The van der Waals surface area contributed by atoms with Gasteiger partial charge in [0.25, 0.3) is 5.56 Å². The lowest BCUT2D eigenvalue weighted by Gasteiger charge is -2.10. The summed E-state index contributed by atoms with van der Waals surface area (Å²) in [6.07, 6.45) is 3.46. The third-order valence-electron chi connectivity index (χ3n) is 4.82. The fourth-order valence-electron chi connectivity index (χ4n) is 3.12. The summed E-state index contributed by atoms with van der Waals surface area (Å²) < 4.78 is 3.45. The number of aromatic nitrogens is 2. The van der Waals surface area contributed by atoms with Gasteiger partial charge in [-0.1, -0.05) is 43.7 Å². The van der Waals surface area contributed by atoms with Crippen molar-refractivity contribution in [1.82, 2.24) is 9.36 Å². The number of rotatable bonds is 6. The molecule has 2 N–H and O–H groups in total. The first-order valence-corrected chi connectivity index (χ1v) is 9.93. The summed E-state index contributed by atoms with van der Waals surface area (Å²) in [7, 11) is 1.86. The SMILES string of the molecule is CCCCc1ccc(NC(=S)Nc2c(C)n(C)n(-c3ccccc3)c2=O)cc1. The van der Waals surface area contributed by atoms with E-state index in [0.717, 1.165) is 23.5 Å². The van der Waals surface area contributed by atoms with Gasteiger partial charge >= 0.3 is 0 Å². The van der Waals surface area contributed by atoms with Crippen LogP contribution in [0, 0.1) is 6.92 Å². The molecule has 5 nitrogen and oxygen atoms in total. The standard InChI is InChI=1S/C22H26N4OS/c1-4-5-9-17-12-14-18(15-13-17)23-22(28)24-20-16(2)25(3)26(21(20)27)19-10-7-6-8-11-19/h6-8,10-15H,4-5,9H2,1-3H3,(H2,23,24,28). The van der Waals surface area contributed by atoms with Crippen molar-refractivity contribution in [2.24, 2.45) is 7.05 Å². The zero-order valence-corrected chi connectivity index (χ0v) is 17.3. The Bertz CT molecular complexity index is 1000. The molecule has 0 saturated heterocycles. The zero-order chi connectivity index (χ0) is 20.1. The van der Waals surface area contributed by atoms with Crippen LogP contribution in [0.3, 0.4) is 0 Å². The highest BCUT2D eigenvalue weighted by atomic mass is 32.1. The summed E-state index contributed by atoms with van der Waals surface area (Å²) in [5.74, 6) is 0. The first-order chi connectivity index (χ1) is 13.5. The minimum Gasteiger partial charge on any atom is -0.332 e. The van der Waals surface area contributed by atoms with Gasteiger partial charge in [-0.15, -0.1) is 0 Å². The third kappa shape index (κ3) is 4.34. The van der Waals surface area contributed by atoms with Crippen LogP contribution in [0.1, 0.15) is 31.0 Å². The van der Waals surface area contributed by atoms with Crippen LogP contribution in [0.4, 0.5) is 11.4 Å². The topological polar surface area (TPSA) is 51.0 Å². The van der Waals surface area contributed by atoms with Gasteiger partial charge in [0.05, 0.1) is 11.4 Å². The lowest BCUT2D eigenvalue weighted by Crippen LogP contribution is -2.25. The van der Waals surface area contributed by atoms with E-state index >= 15 is 0 Å². The van der Waals surface area contributed by atoms with Crippen LogP contribution < -0.4 is 16.2 Å². The quantitative estimate of drug-likeness (QED) is 0.598. The summed E-state index contributed by atoms with van der Waals surface area (Å²) >= 11 is 5.43. The Morgan fingerprint density at radius 3 is 2.36 bits per heavy atom. The highest BCUT2D eigenvalue weighted by molar-refractivity contribution is 7.80. The number of hydrogen-bond donors (Lipinski definition) is 2. The van der Waals surface area contributed by atoms with E-state index in [9.17, 15) is 4.79 Å². The third-order valence-corrected chi connectivity index (χ3v) is 5.03. The molecule has 0 fully saturated rings. The molecule has 0 aliphatic carbocycles. The molecule has 1 heterocycles. The average Bonchev–Trinajstić information content (AvgIpc) is 2.91. The summed E-state index contributed by atoms with van der Waals surface area (Å²) in [5.41, 5.74) is 4.18. The number of para-hydroxylation sites is 1. The maximum absolute atomic E-state index is 12.9. The predicted octanol–water partition coefficient (Wildman–Crippen LogP) is 4.64. The van der Waals surface area contributed by atoms with Crippen LogP contribution in [0.2, 0.25) is 0 Å². The second-order valence-electron chi connectivity index (χ2n) is 6.82. The maximum atomic E-state index is 12.9. The Kier molecular flexibility index (Phi) is 6.31. The lowest BCUT2D eigenvalue weighted by molar-refractivity contribution is 0.630. The van der Waals surface area contributed by atoms with Crippen LogP contribution >= 0.6 is 12.2 Å². The Hall–Kier alpha value is -2.86. The Morgan fingerprint density at radius 1 is 1.04 bits per heavy atom. The van der Waals surface area contributed by atoms with Crippen molar-refractivity contribution in [1.29, 1.82) is 0 Å². The van der Waals surface area contributed by atoms with Gasteiger partial charge in [-0.3, -0.25) is 9.48 Å². The molecule has 1 aromatic heterocycles. The van der Waals surface area contributed by atoms with Crippen LogP contribution in [-0.2, 0) is 13.5 Å². The van der Waals surface area contributed by atoms with Crippen LogP contribution in [0.5, 0.6) is 0 Å². The highest BCUT2D eigenvalue weighted by Gasteiger charge is 2.16. The number of hydrogen-bond acceptors (Lipinski definition) is 2. The maximum Gasteiger partial charge on any atom is 0.295 e. The van der Waals surface area contributed by atoms with E-state index in [1.54, 1.807) is 4.68 Å². The lowest BCUT2D eigenvalue weighted by atomic mass is 10.1. The average molecular weight is 395 g/mol. The molecule has 0 bridgehead atoms. The predicted molar refractivity (Wildman–Crippen MR) is 121 cm³/mol. The number of nitrogens with one attached hydrogen (secondary N) is 2. The molecule has 0 radical (unpaired) electrons. The summed E-state index contributed by atoms with van der Waals surface area (Å²) in [4.78, 5) is 12.9. The summed E-state index contributed by atoms with van der Waals surface area (Å²) in [6.45, 7) is 4.09. The molecule has 0 saturated carbocycles. The minimum absolute atomic E-state index is 0.134. The van der Waals surface area contributed by atoms with E-state index in [0.29, 0.717) is 10.8 Å². The molecule has 2 aromatic carbocycles. The van der Waals surface area contributed by atoms with Gasteiger partial charge in [-0.05, 0) is 61.8 Å². The highest BCUT2D eigenvalue weighted by Crippen LogP contribution is 2.16. The zero-order valence-electron chi connectivity index (χ0n) is 16.5. The molecule has 0 unspecified atom stereocenters. The fraction of sp³-hybridized carbons (Fsp3) is 0.273. The second kappa shape index (κ2) is 8.89. The first-order valence-electron chi connectivity index (χ1n) is 9.52. The second-order valence-corrected chi connectivity index (χ2v) is 7.22. The summed E-state index contributed by atoms with van der Waals surface area (Å²) in [5, 5.41) is 6.63. The number of anilines is 2. The van der Waals surface area contributed by atoms with Gasteiger partial charge in [-0.25, -0.2) is 4.68 Å². The monoisotopic (exact) mass is 394 g/mol. The van der Waals surface area contributed by atoms with E-state index < -0.39 is 0 Å². The van der Waals surface area contributed by atoms with Crippen LogP contribution in [0.25, 0.3) is 5.69 Å². The number of unbranched alkanes of at least 4 members (excludes halogenated alkanes) is 1. The van der Waals surface area contributed by atoms with Gasteiger partial charge in [0.1, 0.15) is 5.69 Å². The molecular formula is C22H26N4OS. The number of thiocarbonyl (C=S) groups is 1. The van der Waals surface area contributed by atoms with Crippen molar-refractivity contribution in [3.63, 3.8) is 0 Å². The molecule has 146 valence electrons. The fourth-order valence-corrected chi connectivity index (χ4v) is 3.34. The van der Waals surface area contributed by atoms with Gasteiger partial charge in [0.15, 0.2) is 5.11 Å². The first kappa shape index (κ1) is 19.9. The van der Waals surface area contributed by atoms with Gasteiger partial charge in [-0.2, -0.15) is 0 Å². The van der Waals surface area contributed by atoms with E-state index in [-0.39, 0.29) is 5.56 Å². The number of nitrogens with zero attached hydrogens (tertiary/aromatic N) is 2.